The molecule has 11 atom stereocenters. The van der Waals surface area contributed by atoms with Crippen molar-refractivity contribution in [2.75, 3.05) is 39.5 Å². The van der Waals surface area contributed by atoms with Gasteiger partial charge >= 0.3 is 17.9 Å². The first kappa shape index (κ1) is 55.6. The zero-order valence-corrected chi connectivity index (χ0v) is 37.3. The number of nitrogens with one attached hydrogen (secondary N) is 3. The van der Waals surface area contributed by atoms with Gasteiger partial charge in [-0.05, 0) is 72.1 Å². The lowest BCUT2D eigenvalue weighted by molar-refractivity contribution is -0.267. The Morgan fingerprint density at radius 1 is 0.619 bits per heavy atom. The van der Waals surface area contributed by atoms with Crippen LogP contribution < -0.4 is 27.4 Å². The number of unbranched alkanes of at least 4 members (excludes halogenated alkanes) is 4. The zero-order valence-electron chi connectivity index (χ0n) is 37.3. The Morgan fingerprint density at radius 3 is 1.65 bits per heavy atom. The van der Waals surface area contributed by atoms with E-state index in [0.717, 1.165) is 0 Å². The summed E-state index contributed by atoms with van der Waals surface area (Å²) in [6.07, 6.45) is -5.11. The zero-order chi connectivity index (χ0) is 47.1. The SMILES string of the molecule is CC(=O)OCC1OC(OCCCCC(=O)N[C@@H](CCCCNC(=O)CCCOC2OC(COC(C)=O)C(O)C(O)C2N)C(=O)NCCCCCC(=O)OC(C)(C)C)C(N)C(O)C1O. The highest BCUT2D eigenvalue weighted by Gasteiger charge is 2.45. The van der Waals surface area contributed by atoms with E-state index in [9.17, 15) is 49.2 Å². The Morgan fingerprint density at radius 2 is 1.11 bits per heavy atom. The van der Waals surface area contributed by atoms with Gasteiger partial charge in [0.1, 0.15) is 61.5 Å². The minimum absolute atomic E-state index is 0.0554. The molecule has 364 valence electrons. The van der Waals surface area contributed by atoms with Gasteiger partial charge in [0, 0.05) is 52.8 Å². The Balaban J connectivity index is 1.79. The number of aliphatic hydroxyl groups excluding tert-OH is 4. The summed E-state index contributed by atoms with van der Waals surface area (Å²) in [4.78, 5) is 73.0. The van der Waals surface area contributed by atoms with Crippen molar-refractivity contribution in [3.8, 4) is 0 Å². The number of aliphatic hydroxyl groups is 4. The lowest BCUT2D eigenvalue weighted by Crippen LogP contribution is -2.62. The fourth-order valence-electron chi connectivity index (χ4n) is 6.52. The van der Waals surface area contributed by atoms with E-state index in [4.69, 9.17) is 44.6 Å². The number of carbonyl (C=O) groups excluding carboxylic acids is 6. The van der Waals surface area contributed by atoms with E-state index in [1.807, 2.05) is 0 Å². The summed E-state index contributed by atoms with van der Waals surface area (Å²) in [6, 6.07) is -2.98. The second kappa shape index (κ2) is 29.1. The van der Waals surface area contributed by atoms with Gasteiger partial charge in [-0.3, -0.25) is 28.8 Å². The molecule has 22 nitrogen and oxygen atoms in total. The minimum Gasteiger partial charge on any atom is -0.463 e. The molecule has 0 aromatic rings. The van der Waals surface area contributed by atoms with Crippen LogP contribution in [0.15, 0.2) is 0 Å². The molecule has 2 aliphatic heterocycles. The predicted octanol–water partition coefficient (Wildman–Crippen LogP) is -1.57. The summed E-state index contributed by atoms with van der Waals surface area (Å²) in [5.74, 6) is -2.43. The van der Waals surface area contributed by atoms with Gasteiger partial charge in [-0.15, -0.1) is 0 Å². The molecule has 0 aromatic heterocycles. The van der Waals surface area contributed by atoms with Crippen LogP contribution in [0.2, 0.25) is 0 Å². The number of esters is 3. The van der Waals surface area contributed by atoms with Gasteiger partial charge in [0.25, 0.3) is 0 Å². The van der Waals surface area contributed by atoms with Crippen molar-refractivity contribution in [1.29, 1.82) is 0 Å². The molecule has 0 radical (unpaired) electrons. The third kappa shape index (κ3) is 22.3. The van der Waals surface area contributed by atoms with Crippen molar-refractivity contribution in [3.05, 3.63) is 0 Å². The Hall–Kier alpha value is -3.58. The number of nitrogens with two attached hydrogens (primary N) is 2. The Labute approximate surface area is 369 Å². The highest BCUT2D eigenvalue weighted by molar-refractivity contribution is 5.87. The molecule has 22 heteroatoms. The average Bonchev–Trinajstić information content (AvgIpc) is 3.20. The Bertz CT molecular complexity index is 1420. The highest BCUT2D eigenvalue weighted by Crippen LogP contribution is 2.23. The molecule has 2 rings (SSSR count). The molecule has 63 heavy (non-hydrogen) atoms. The first-order chi connectivity index (χ1) is 29.7. The molecule has 0 aromatic carbocycles. The molecule has 10 unspecified atom stereocenters. The van der Waals surface area contributed by atoms with Crippen LogP contribution in [0, 0.1) is 0 Å². The number of carbonyl (C=O) groups is 6. The van der Waals surface area contributed by atoms with Crippen LogP contribution in [0.5, 0.6) is 0 Å². The largest absolute Gasteiger partial charge is 0.463 e. The summed E-state index contributed by atoms with van der Waals surface area (Å²) >= 11 is 0. The van der Waals surface area contributed by atoms with E-state index in [0.29, 0.717) is 70.9 Å². The number of hydrogen-bond acceptors (Lipinski definition) is 19. The van der Waals surface area contributed by atoms with Crippen molar-refractivity contribution in [2.45, 2.75) is 185 Å². The second-order valence-corrected chi connectivity index (χ2v) is 16.8. The van der Waals surface area contributed by atoms with Gasteiger partial charge < -0.3 is 81.0 Å². The number of hydrogen-bond donors (Lipinski definition) is 9. The molecule has 3 amide bonds. The molecule has 2 fully saturated rings. The first-order valence-electron chi connectivity index (χ1n) is 21.8. The van der Waals surface area contributed by atoms with E-state index in [1.54, 1.807) is 20.8 Å². The summed E-state index contributed by atoms with van der Waals surface area (Å²) in [5.41, 5.74) is 11.4. The molecule has 2 heterocycles. The summed E-state index contributed by atoms with van der Waals surface area (Å²) in [7, 11) is 0. The van der Waals surface area contributed by atoms with E-state index in [-0.39, 0.29) is 69.4 Å². The lowest BCUT2D eigenvalue weighted by Gasteiger charge is -2.40. The van der Waals surface area contributed by atoms with Crippen molar-refractivity contribution in [1.82, 2.24) is 16.0 Å². The molecule has 2 saturated heterocycles. The van der Waals surface area contributed by atoms with Crippen LogP contribution in [0.1, 0.15) is 112 Å². The third-order valence-electron chi connectivity index (χ3n) is 9.98. The maximum atomic E-state index is 13.2. The van der Waals surface area contributed by atoms with Crippen LogP contribution in [-0.4, -0.2) is 169 Å². The maximum absolute atomic E-state index is 13.2. The van der Waals surface area contributed by atoms with Crippen LogP contribution >= 0.6 is 0 Å². The smallest absolute Gasteiger partial charge is 0.306 e. The molecular weight excluding hydrogens is 834 g/mol. The summed E-state index contributed by atoms with van der Waals surface area (Å²) in [6.45, 7) is 8.01. The minimum atomic E-state index is -1.39. The van der Waals surface area contributed by atoms with Crippen molar-refractivity contribution < 1.29 is 82.4 Å². The molecule has 0 bridgehead atoms. The van der Waals surface area contributed by atoms with Crippen molar-refractivity contribution in [3.63, 3.8) is 0 Å². The fourth-order valence-corrected chi connectivity index (χ4v) is 6.52. The van der Waals surface area contributed by atoms with Crippen LogP contribution in [0.3, 0.4) is 0 Å². The maximum Gasteiger partial charge on any atom is 0.306 e. The van der Waals surface area contributed by atoms with Crippen LogP contribution in [0.4, 0.5) is 0 Å². The second-order valence-electron chi connectivity index (χ2n) is 16.8. The fraction of sp³-hybridized carbons (Fsp3) is 0.854. The third-order valence-corrected chi connectivity index (χ3v) is 9.98. The number of ether oxygens (including phenoxy) is 7. The normalized spacial score (nSPS) is 26.5. The summed E-state index contributed by atoms with van der Waals surface area (Å²) < 4.78 is 37.6. The molecule has 2 aliphatic rings. The van der Waals surface area contributed by atoms with E-state index in [1.165, 1.54) is 13.8 Å². The van der Waals surface area contributed by atoms with Gasteiger partial charge in [0.2, 0.25) is 17.7 Å². The van der Waals surface area contributed by atoms with E-state index in [2.05, 4.69) is 16.0 Å². The van der Waals surface area contributed by atoms with Crippen molar-refractivity contribution in [2.24, 2.45) is 11.5 Å². The standard InChI is InChI=1S/C41H73N5O17/c1-24(47)59-22-27-34(52)36(54)32(42)39(61-27)57-20-12-9-15-30(50)46-26(38(56)45-19-10-6-7-17-31(51)63-41(3,4)5)14-8-11-18-44-29(49)16-13-21-58-40-33(43)37(55)35(53)28(62-40)23-60-25(2)48/h26-28,32-37,39-40,52-55H,6-23,42-43H2,1-5H3,(H,44,49)(H,45,56)(H,46,50)/t26-,27?,28?,32?,33?,34?,35?,36?,37?,39?,40?/m0/s1. The van der Waals surface area contributed by atoms with E-state index < -0.39 is 84.9 Å². The van der Waals surface area contributed by atoms with Gasteiger partial charge in [0.15, 0.2) is 12.6 Å². The summed E-state index contributed by atoms with van der Waals surface area (Å²) in [5, 5.41) is 49.5. The van der Waals surface area contributed by atoms with Crippen molar-refractivity contribution >= 4 is 35.6 Å². The number of rotatable bonds is 28. The molecule has 0 aliphatic carbocycles. The van der Waals surface area contributed by atoms with Gasteiger partial charge in [0.05, 0.1) is 18.7 Å². The van der Waals surface area contributed by atoms with Crippen LogP contribution in [-0.2, 0) is 61.9 Å². The highest BCUT2D eigenvalue weighted by atomic mass is 16.7. The average molecular weight is 908 g/mol. The molecular formula is C41H73N5O17. The predicted molar refractivity (Wildman–Crippen MR) is 222 cm³/mol. The van der Waals surface area contributed by atoms with Gasteiger partial charge in [-0.2, -0.15) is 0 Å². The monoisotopic (exact) mass is 908 g/mol. The van der Waals surface area contributed by atoms with Gasteiger partial charge in [-0.25, -0.2) is 0 Å². The molecule has 11 N–H and O–H groups in total. The number of amides is 3. The van der Waals surface area contributed by atoms with Gasteiger partial charge in [-0.1, -0.05) is 6.42 Å². The van der Waals surface area contributed by atoms with Crippen LogP contribution in [0.25, 0.3) is 0 Å². The molecule has 0 spiro atoms. The quantitative estimate of drug-likeness (QED) is 0.0243. The Kier molecular flexibility index (Phi) is 25.6. The van der Waals surface area contributed by atoms with E-state index >= 15 is 0 Å². The molecule has 0 saturated carbocycles. The topological polar surface area (TPSA) is 336 Å². The lowest BCUT2D eigenvalue weighted by atomic mass is 9.98. The first-order valence-corrected chi connectivity index (χ1v) is 21.8.